The van der Waals surface area contributed by atoms with Crippen molar-refractivity contribution in [3.05, 3.63) is 54.6 Å². The van der Waals surface area contributed by atoms with Crippen LogP contribution in [-0.2, 0) is 14.3 Å². The van der Waals surface area contributed by atoms with Crippen LogP contribution >= 0.6 is 0 Å². The summed E-state index contributed by atoms with van der Waals surface area (Å²) in [7, 11) is 0. The van der Waals surface area contributed by atoms with E-state index in [2.05, 4.69) is 11.3 Å². The topological polar surface area (TPSA) is 83.8 Å². The van der Waals surface area contributed by atoms with Crippen molar-refractivity contribution < 1.29 is 24.5 Å². The van der Waals surface area contributed by atoms with Crippen LogP contribution < -0.4 is 0 Å². The fraction of sp³-hybridized carbons (Fsp3) is 0.143. The van der Waals surface area contributed by atoms with Gasteiger partial charge in [0.05, 0.1) is 13.2 Å². The van der Waals surface area contributed by atoms with Crippen LogP contribution in [0.1, 0.15) is 5.56 Å². The Balaban J connectivity index is 0.000000272. The van der Waals surface area contributed by atoms with Gasteiger partial charge in [-0.25, -0.2) is 9.59 Å². The first-order chi connectivity index (χ1) is 9.13. The third kappa shape index (κ3) is 9.46. The van der Waals surface area contributed by atoms with Crippen molar-refractivity contribution in [1.82, 2.24) is 0 Å². The lowest BCUT2D eigenvalue weighted by Gasteiger charge is -1.85. The van der Waals surface area contributed by atoms with Gasteiger partial charge in [-0.1, -0.05) is 43.0 Å². The molecule has 1 aliphatic heterocycles. The lowest BCUT2D eigenvalue weighted by Crippen LogP contribution is -1.96. The van der Waals surface area contributed by atoms with Crippen LogP contribution in [0.5, 0.6) is 0 Å². The van der Waals surface area contributed by atoms with Crippen molar-refractivity contribution in [3.8, 4) is 0 Å². The number of carbonyl (C=O) groups excluding carboxylic acids is 2. The minimum Gasteiger partial charge on any atom is -0.394 e. The first-order valence-corrected chi connectivity index (χ1v) is 5.47. The number of cyclic esters (lactones) is 2. The predicted molar refractivity (Wildman–Crippen MR) is 70.9 cm³/mol. The average Bonchev–Trinajstić information content (AvgIpc) is 2.84. The third-order valence-electron chi connectivity index (χ3n) is 1.69. The largest absolute Gasteiger partial charge is 0.394 e. The Morgan fingerprint density at radius 2 is 1.47 bits per heavy atom. The lowest BCUT2D eigenvalue weighted by atomic mass is 10.2. The number of hydrogen-bond donors (Lipinski definition) is 2. The summed E-state index contributed by atoms with van der Waals surface area (Å²) in [4.78, 5) is 19.8. The second-order valence-electron chi connectivity index (χ2n) is 3.14. The molecule has 0 saturated heterocycles. The number of benzene rings is 1. The van der Waals surface area contributed by atoms with Crippen LogP contribution in [0.15, 0.2) is 49.1 Å². The summed E-state index contributed by atoms with van der Waals surface area (Å²) in [6.07, 6.45) is 4.00. The van der Waals surface area contributed by atoms with Gasteiger partial charge in [-0.15, -0.1) is 0 Å². The maximum Gasteiger partial charge on any atom is 0.338 e. The molecular formula is C14H16O5. The van der Waals surface area contributed by atoms with E-state index in [1.54, 1.807) is 0 Å². The summed E-state index contributed by atoms with van der Waals surface area (Å²) in [6.45, 7) is 3.38. The highest BCUT2D eigenvalue weighted by atomic mass is 16.6. The standard InChI is InChI=1S/C8H8.C4H2O3.C2H6O2/c1-2-8-6-4-3-5-7-8;5-3-1-2-4(6)7-3;3-1-2-4/h2-7H,1H2;1-2H;3-4H,1-2H2. The van der Waals surface area contributed by atoms with Crippen molar-refractivity contribution in [3.63, 3.8) is 0 Å². The molecule has 5 heteroatoms. The van der Waals surface area contributed by atoms with E-state index >= 15 is 0 Å². The van der Waals surface area contributed by atoms with Gasteiger partial charge in [-0.2, -0.15) is 0 Å². The Labute approximate surface area is 111 Å². The molecule has 1 aromatic rings. The van der Waals surface area contributed by atoms with E-state index in [0.717, 1.165) is 12.2 Å². The van der Waals surface area contributed by atoms with E-state index in [1.807, 2.05) is 36.4 Å². The number of aliphatic hydroxyl groups is 2. The number of rotatable bonds is 2. The Bertz CT molecular complexity index is 405. The molecule has 5 nitrogen and oxygen atoms in total. The van der Waals surface area contributed by atoms with Gasteiger partial charge in [0.15, 0.2) is 0 Å². The van der Waals surface area contributed by atoms with E-state index in [9.17, 15) is 9.59 Å². The molecule has 0 radical (unpaired) electrons. The molecule has 0 unspecified atom stereocenters. The molecule has 0 aromatic heterocycles. The van der Waals surface area contributed by atoms with E-state index < -0.39 is 11.9 Å². The first-order valence-electron chi connectivity index (χ1n) is 5.47. The number of esters is 2. The van der Waals surface area contributed by atoms with Gasteiger partial charge in [0.25, 0.3) is 0 Å². The zero-order chi connectivity index (χ0) is 14.5. The monoisotopic (exact) mass is 264 g/mol. The highest BCUT2D eigenvalue weighted by Crippen LogP contribution is 1.97. The second-order valence-corrected chi connectivity index (χ2v) is 3.14. The fourth-order valence-corrected chi connectivity index (χ4v) is 0.892. The SMILES string of the molecule is C=Cc1ccccc1.O=C1C=CC(=O)O1.OCCO. The quantitative estimate of drug-likeness (QED) is 0.613. The van der Waals surface area contributed by atoms with Crippen LogP contribution in [-0.4, -0.2) is 35.4 Å². The molecule has 19 heavy (non-hydrogen) atoms. The Morgan fingerprint density at radius 1 is 1.00 bits per heavy atom. The average molecular weight is 264 g/mol. The number of aliphatic hydroxyl groups excluding tert-OH is 2. The van der Waals surface area contributed by atoms with Gasteiger partial charge >= 0.3 is 11.9 Å². The van der Waals surface area contributed by atoms with Crippen LogP contribution in [0.2, 0.25) is 0 Å². The van der Waals surface area contributed by atoms with Gasteiger partial charge in [0.2, 0.25) is 0 Å². The predicted octanol–water partition coefficient (Wildman–Crippen LogP) is 0.927. The fourth-order valence-electron chi connectivity index (χ4n) is 0.892. The van der Waals surface area contributed by atoms with E-state index in [-0.39, 0.29) is 13.2 Å². The summed E-state index contributed by atoms with van der Waals surface area (Å²) in [5.74, 6) is -1.16. The van der Waals surface area contributed by atoms with Crippen molar-refractivity contribution >= 4 is 18.0 Å². The molecule has 0 aliphatic carbocycles. The molecule has 102 valence electrons. The number of ether oxygens (including phenoxy) is 1. The van der Waals surface area contributed by atoms with Gasteiger partial charge in [0.1, 0.15) is 0 Å². The zero-order valence-electron chi connectivity index (χ0n) is 10.4. The van der Waals surface area contributed by atoms with Crippen LogP contribution in [0.25, 0.3) is 6.08 Å². The molecule has 1 aromatic carbocycles. The first kappa shape index (κ1) is 16.8. The number of carbonyl (C=O) groups is 2. The molecule has 0 atom stereocenters. The van der Waals surface area contributed by atoms with Gasteiger partial charge in [-0.3, -0.25) is 0 Å². The Morgan fingerprint density at radius 3 is 1.68 bits per heavy atom. The van der Waals surface area contributed by atoms with Crippen molar-refractivity contribution in [2.45, 2.75) is 0 Å². The van der Waals surface area contributed by atoms with Crippen LogP contribution in [0, 0.1) is 0 Å². The summed E-state index contributed by atoms with van der Waals surface area (Å²) in [5, 5.41) is 15.2. The molecule has 0 bridgehead atoms. The normalized spacial score (nSPS) is 11.7. The van der Waals surface area contributed by atoms with Crippen LogP contribution in [0.4, 0.5) is 0 Å². The molecule has 1 heterocycles. The molecule has 0 spiro atoms. The highest BCUT2D eigenvalue weighted by Gasteiger charge is 2.10. The summed E-state index contributed by atoms with van der Waals surface area (Å²) in [5.41, 5.74) is 1.17. The maximum atomic E-state index is 9.92. The van der Waals surface area contributed by atoms with Crippen molar-refractivity contribution in [1.29, 1.82) is 0 Å². The zero-order valence-corrected chi connectivity index (χ0v) is 10.4. The van der Waals surface area contributed by atoms with E-state index in [0.29, 0.717) is 0 Å². The minimum absolute atomic E-state index is 0.125. The van der Waals surface area contributed by atoms with E-state index in [4.69, 9.17) is 10.2 Å². The summed E-state index contributed by atoms with van der Waals surface area (Å²) >= 11 is 0. The third-order valence-corrected chi connectivity index (χ3v) is 1.69. The smallest absolute Gasteiger partial charge is 0.338 e. The van der Waals surface area contributed by atoms with Gasteiger partial charge in [0, 0.05) is 12.2 Å². The molecule has 2 N–H and O–H groups in total. The number of hydrogen-bond acceptors (Lipinski definition) is 5. The molecule has 0 saturated carbocycles. The van der Waals surface area contributed by atoms with E-state index in [1.165, 1.54) is 5.56 Å². The summed E-state index contributed by atoms with van der Waals surface area (Å²) < 4.78 is 3.97. The van der Waals surface area contributed by atoms with Gasteiger partial charge < -0.3 is 14.9 Å². The van der Waals surface area contributed by atoms with Crippen LogP contribution in [0.3, 0.4) is 0 Å². The Hall–Kier alpha value is -2.24. The van der Waals surface area contributed by atoms with Crippen molar-refractivity contribution in [2.75, 3.05) is 13.2 Å². The van der Waals surface area contributed by atoms with Gasteiger partial charge in [-0.05, 0) is 5.56 Å². The minimum atomic E-state index is -0.579. The maximum absolute atomic E-state index is 9.92. The van der Waals surface area contributed by atoms with Crippen molar-refractivity contribution in [2.24, 2.45) is 0 Å². The summed E-state index contributed by atoms with van der Waals surface area (Å²) in [6, 6.07) is 10.0. The lowest BCUT2D eigenvalue weighted by molar-refractivity contribution is -0.150. The molecule has 0 fully saturated rings. The molecule has 1 aliphatic rings. The molecule has 0 amide bonds. The highest BCUT2D eigenvalue weighted by molar-refractivity contribution is 6.04. The second kappa shape index (κ2) is 10.9. The Kier molecular flexibility index (Phi) is 9.60. The molecule has 2 rings (SSSR count). The molecular weight excluding hydrogens is 248 g/mol.